The summed E-state index contributed by atoms with van der Waals surface area (Å²) in [5.74, 6) is 0. The van der Waals surface area contributed by atoms with Crippen LogP contribution >= 0.6 is 0 Å². The van der Waals surface area contributed by atoms with E-state index in [-0.39, 0.29) is 0 Å². The first-order valence-electron chi connectivity index (χ1n) is 6.15. The smallest absolute Gasteiger partial charge is 0.0528 e. The highest BCUT2D eigenvalue weighted by Crippen LogP contribution is 2.23. The summed E-state index contributed by atoms with van der Waals surface area (Å²) in [5, 5.41) is 1.24. The van der Waals surface area contributed by atoms with Crippen LogP contribution in [0.2, 0.25) is 0 Å². The van der Waals surface area contributed by atoms with E-state index in [2.05, 4.69) is 66.2 Å². The van der Waals surface area contributed by atoms with Crippen molar-refractivity contribution >= 4 is 10.9 Å². The Hall–Kier alpha value is -2.06. The summed E-state index contributed by atoms with van der Waals surface area (Å²) in [6, 6.07) is 17.0. The molecule has 0 unspecified atom stereocenters. The quantitative estimate of drug-likeness (QED) is 0.726. The van der Waals surface area contributed by atoms with Crippen molar-refractivity contribution in [2.75, 3.05) is 0 Å². The van der Waals surface area contributed by atoms with Crippen LogP contribution in [0.5, 0.6) is 0 Å². The molecule has 3 rings (SSSR count). The van der Waals surface area contributed by atoms with Crippen molar-refractivity contribution in [1.29, 1.82) is 0 Å². The molecule has 2 N–H and O–H groups in total. The molecule has 3 aromatic rings. The first-order valence-corrected chi connectivity index (χ1v) is 6.15. The van der Waals surface area contributed by atoms with E-state index in [0.717, 1.165) is 0 Å². The van der Waals surface area contributed by atoms with Crippen molar-refractivity contribution in [2.24, 2.45) is 5.73 Å². The van der Waals surface area contributed by atoms with Gasteiger partial charge in [0.2, 0.25) is 0 Å². The van der Waals surface area contributed by atoms with Gasteiger partial charge in [0.05, 0.1) is 5.52 Å². The number of nitrogens with two attached hydrogens (primary N) is 1. The predicted octanol–water partition coefficient (Wildman–Crippen LogP) is 3.40. The van der Waals surface area contributed by atoms with Gasteiger partial charge in [-0.15, -0.1) is 0 Å². The Bertz CT molecular complexity index is 695. The molecule has 0 bridgehead atoms. The largest absolute Gasteiger partial charge is 0.326 e. The van der Waals surface area contributed by atoms with Gasteiger partial charge in [0, 0.05) is 23.8 Å². The first-order chi connectivity index (χ1) is 8.79. The van der Waals surface area contributed by atoms with E-state index in [1.165, 1.54) is 27.7 Å². The average molecular weight is 236 g/mol. The Morgan fingerprint density at radius 2 is 1.89 bits per heavy atom. The topological polar surface area (TPSA) is 30.9 Å². The number of fused-ring (bicyclic) bond motifs is 1. The highest BCUT2D eigenvalue weighted by molar-refractivity contribution is 5.83. The van der Waals surface area contributed by atoms with Crippen molar-refractivity contribution < 1.29 is 0 Å². The molecule has 0 aliphatic carbocycles. The lowest BCUT2D eigenvalue weighted by Gasteiger charge is -2.09. The minimum atomic E-state index is 0.589. The summed E-state index contributed by atoms with van der Waals surface area (Å²) in [7, 11) is 0. The summed E-state index contributed by atoms with van der Waals surface area (Å²) in [5.41, 5.74) is 10.6. The van der Waals surface area contributed by atoms with Crippen molar-refractivity contribution in [3.8, 4) is 5.69 Å². The molecule has 2 heteroatoms. The van der Waals surface area contributed by atoms with E-state index in [0.29, 0.717) is 6.54 Å². The van der Waals surface area contributed by atoms with Crippen LogP contribution in [0.4, 0.5) is 0 Å². The van der Waals surface area contributed by atoms with E-state index in [9.17, 15) is 0 Å². The lowest BCUT2D eigenvalue weighted by molar-refractivity contribution is 1.07. The monoisotopic (exact) mass is 236 g/mol. The average Bonchev–Trinajstić information content (AvgIpc) is 2.82. The zero-order valence-electron chi connectivity index (χ0n) is 10.4. The maximum Gasteiger partial charge on any atom is 0.0528 e. The van der Waals surface area contributed by atoms with E-state index in [1.807, 2.05) is 0 Å². The molecule has 18 heavy (non-hydrogen) atoms. The standard InChI is InChI=1S/C16H16N2/c1-12-4-2-3-5-15(12)18-9-8-14-10-13(11-17)6-7-16(14)18/h2-10H,11,17H2,1H3. The molecule has 0 aliphatic rings. The van der Waals surface area contributed by atoms with Gasteiger partial charge >= 0.3 is 0 Å². The molecule has 0 radical (unpaired) electrons. The molecule has 90 valence electrons. The fourth-order valence-electron chi connectivity index (χ4n) is 2.36. The predicted molar refractivity (Wildman–Crippen MR) is 75.9 cm³/mol. The molecule has 2 nitrogen and oxygen atoms in total. The third kappa shape index (κ3) is 1.71. The second kappa shape index (κ2) is 4.31. The van der Waals surface area contributed by atoms with Crippen molar-refractivity contribution in [2.45, 2.75) is 13.5 Å². The molecular formula is C16H16N2. The molecule has 0 saturated heterocycles. The number of para-hydroxylation sites is 1. The van der Waals surface area contributed by atoms with Crippen LogP contribution in [-0.2, 0) is 6.54 Å². The van der Waals surface area contributed by atoms with E-state index in [4.69, 9.17) is 5.73 Å². The Morgan fingerprint density at radius 3 is 2.67 bits per heavy atom. The number of aromatic nitrogens is 1. The molecule has 0 spiro atoms. The van der Waals surface area contributed by atoms with Gasteiger partial charge in [-0.05, 0) is 42.3 Å². The van der Waals surface area contributed by atoms with Crippen molar-refractivity contribution in [3.05, 3.63) is 65.9 Å². The summed E-state index contributed by atoms with van der Waals surface area (Å²) in [4.78, 5) is 0. The van der Waals surface area contributed by atoms with Gasteiger partial charge in [-0.2, -0.15) is 0 Å². The van der Waals surface area contributed by atoms with E-state index < -0.39 is 0 Å². The first kappa shape index (κ1) is 11.1. The maximum absolute atomic E-state index is 5.68. The van der Waals surface area contributed by atoms with Crippen molar-refractivity contribution in [3.63, 3.8) is 0 Å². The van der Waals surface area contributed by atoms with E-state index in [1.54, 1.807) is 0 Å². The number of hydrogen-bond acceptors (Lipinski definition) is 1. The molecule has 1 aromatic heterocycles. The molecule has 0 fully saturated rings. The highest BCUT2D eigenvalue weighted by atomic mass is 15.0. The van der Waals surface area contributed by atoms with Gasteiger partial charge in [-0.1, -0.05) is 24.3 Å². The van der Waals surface area contributed by atoms with Gasteiger partial charge < -0.3 is 10.3 Å². The van der Waals surface area contributed by atoms with Gasteiger partial charge in [0.25, 0.3) is 0 Å². The Morgan fingerprint density at radius 1 is 1.06 bits per heavy atom. The lowest BCUT2D eigenvalue weighted by Crippen LogP contribution is -1.97. The Kier molecular flexibility index (Phi) is 2.65. The molecule has 2 aromatic carbocycles. The SMILES string of the molecule is Cc1ccccc1-n1ccc2cc(CN)ccc21. The van der Waals surface area contributed by atoms with Gasteiger partial charge in [0.1, 0.15) is 0 Å². The fraction of sp³-hybridized carbons (Fsp3) is 0.125. The molecule has 0 aliphatic heterocycles. The van der Waals surface area contributed by atoms with E-state index >= 15 is 0 Å². The number of nitrogens with zero attached hydrogens (tertiary/aromatic N) is 1. The molecular weight excluding hydrogens is 220 g/mol. The molecule has 0 atom stereocenters. The number of hydrogen-bond donors (Lipinski definition) is 1. The normalized spacial score (nSPS) is 11.0. The zero-order chi connectivity index (χ0) is 12.5. The molecule has 1 heterocycles. The third-order valence-electron chi connectivity index (χ3n) is 3.37. The molecule has 0 saturated carbocycles. The summed E-state index contributed by atoms with van der Waals surface area (Å²) in [6.07, 6.45) is 2.12. The Balaban J connectivity index is 2.22. The van der Waals surface area contributed by atoms with Gasteiger partial charge in [0.15, 0.2) is 0 Å². The van der Waals surface area contributed by atoms with Crippen molar-refractivity contribution in [1.82, 2.24) is 4.57 Å². The fourth-order valence-corrected chi connectivity index (χ4v) is 2.36. The Labute approximate surface area is 107 Å². The van der Waals surface area contributed by atoms with Crippen LogP contribution in [0.1, 0.15) is 11.1 Å². The maximum atomic E-state index is 5.68. The van der Waals surface area contributed by atoms with Crippen LogP contribution in [-0.4, -0.2) is 4.57 Å². The highest BCUT2D eigenvalue weighted by Gasteiger charge is 2.05. The van der Waals surface area contributed by atoms with Crippen LogP contribution < -0.4 is 5.73 Å². The van der Waals surface area contributed by atoms with Crippen LogP contribution in [0, 0.1) is 6.92 Å². The summed E-state index contributed by atoms with van der Waals surface area (Å²) in [6.45, 7) is 2.72. The van der Waals surface area contributed by atoms with Crippen LogP contribution in [0.25, 0.3) is 16.6 Å². The van der Waals surface area contributed by atoms with Crippen LogP contribution in [0.15, 0.2) is 54.7 Å². The number of rotatable bonds is 2. The van der Waals surface area contributed by atoms with Gasteiger partial charge in [-0.25, -0.2) is 0 Å². The second-order valence-corrected chi connectivity index (χ2v) is 4.57. The third-order valence-corrected chi connectivity index (χ3v) is 3.37. The summed E-state index contributed by atoms with van der Waals surface area (Å²) < 4.78 is 2.23. The number of aryl methyl sites for hydroxylation is 1. The number of benzene rings is 2. The summed E-state index contributed by atoms with van der Waals surface area (Å²) >= 11 is 0. The van der Waals surface area contributed by atoms with Crippen LogP contribution in [0.3, 0.4) is 0 Å². The molecule has 0 amide bonds. The minimum absolute atomic E-state index is 0.589. The lowest BCUT2D eigenvalue weighted by atomic mass is 10.1. The van der Waals surface area contributed by atoms with Gasteiger partial charge in [-0.3, -0.25) is 0 Å². The minimum Gasteiger partial charge on any atom is -0.326 e. The zero-order valence-corrected chi connectivity index (χ0v) is 10.4. The second-order valence-electron chi connectivity index (χ2n) is 4.57.